The molecular weight excluding hydrogens is 140 g/mol. The van der Waals surface area contributed by atoms with Gasteiger partial charge in [0.05, 0.1) is 0 Å². The summed E-state index contributed by atoms with van der Waals surface area (Å²) in [7, 11) is 1.81. The second-order valence-electron chi connectivity index (χ2n) is 3.28. The number of urea groups is 1. The van der Waals surface area contributed by atoms with Gasteiger partial charge in [0.2, 0.25) is 0 Å². The van der Waals surface area contributed by atoms with Crippen molar-refractivity contribution in [2.75, 3.05) is 13.6 Å². The largest absolute Gasteiger partial charge is 0.335 e. The molecule has 0 aromatic rings. The van der Waals surface area contributed by atoms with Crippen LogP contribution in [0.3, 0.4) is 0 Å². The molecule has 0 spiro atoms. The van der Waals surface area contributed by atoms with Crippen LogP contribution in [0, 0.1) is 5.92 Å². The zero-order valence-corrected chi connectivity index (χ0v) is 7.42. The minimum absolute atomic E-state index is 0.0573. The van der Waals surface area contributed by atoms with E-state index in [1.54, 1.807) is 4.90 Å². The lowest BCUT2D eigenvalue weighted by Crippen LogP contribution is -2.38. The topological polar surface area (TPSA) is 32.3 Å². The summed E-state index contributed by atoms with van der Waals surface area (Å²) in [5.74, 6) is 0.684. The molecule has 2 atom stereocenters. The third-order valence-corrected chi connectivity index (χ3v) is 2.24. The quantitative estimate of drug-likeness (QED) is 0.637. The SMILES string of the molecule is CCN(C)C(=O)N[C@@H]1C[C@H]1C. The van der Waals surface area contributed by atoms with Gasteiger partial charge in [-0.1, -0.05) is 6.92 Å². The fraction of sp³-hybridized carbons (Fsp3) is 0.875. The molecule has 3 nitrogen and oxygen atoms in total. The molecule has 1 N–H and O–H groups in total. The number of nitrogens with zero attached hydrogens (tertiary/aromatic N) is 1. The van der Waals surface area contributed by atoms with E-state index in [9.17, 15) is 4.79 Å². The van der Waals surface area contributed by atoms with Crippen LogP contribution in [0.5, 0.6) is 0 Å². The fourth-order valence-electron chi connectivity index (χ4n) is 0.936. The molecular formula is C8H16N2O. The number of nitrogens with one attached hydrogen (secondary N) is 1. The van der Waals surface area contributed by atoms with E-state index in [1.807, 2.05) is 14.0 Å². The van der Waals surface area contributed by atoms with Gasteiger partial charge in [-0.05, 0) is 19.3 Å². The van der Waals surface area contributed by atoms with E-state index in [0.717, 1.165) is 13.0 Å². The van der Waals surface area contributed by atoms with E-state index in [1.165, 1.54) is 0 Å². The van der Waals surface area contributed by atoms with Crippen LogP contribution in [-0.4, -0.2) is 30.6 Å². The molecule has 2 amide bonds. The van der Waals surface area contributed by atoms with Gasteiger partial charge in [0, 0.05) is 19.6 Å². The highest BCUT2D eigenvalue weighted by molar-refractivity contribution is 5.74. The molecule has 1 aliphatic carbocycles. The Balaban J connectivity index is 2.21. The molecule has 0 unspecified atom stereocenters. The van der Waals surface area contributed by atoms with Gasteiger partial charge in [-0.25, -0.2) is 4.79 Å². The third kappa shape index (κ3) is 2.10. The van der Waals surface area contributed by atoms with Crippen LogP contribution >= 0.6 is 0 Å². The monoisotopic (exact) mass is 156 g/mol. The number of carbonyl (C=O) groups is 1. The van der Waals surface area contributed by atoms with Gasteiger partial charge in [0.15, 0.2) is 0 Å². The minimum Gasteiger partial charge on any atom is -0.335 e. The maximum absolute atomic E-state index is 11.2. The molecule has 0 aliphatic heterocycles. The zero-order chi connectivity index (χ0) is 8.43. The van der Waals surface area contributed by atoms with Crippen LogP contribution in [0.15, 0.2) is 0 Å². The lowest BCUT2D eigenvalue weighted by molar-refractivity contribution is 0.210. The van der Waals surface area contributed by atoms with Crippen molar-refractivity contribution in [2.45, 2.75) is 26.3 Å². The molecule has 0 heterocycles. The van der Waals surface area contributed by atoms with Gasteiger partial charge in [-0.15, -0.1) is 0 Å². The average molecular weight is 156 g/mol. The van der Waals surface area contributed by atoms with Crippen LogP contribution in [0.1, 0.15) is 20.3 Å². The Morgan fingerprint density at radius 2 is 2.27 bits per heavy atom. The summed E-state index contributed by atoms with van der Waals surface area (Å²) >= 11 is 0. The van der Waals surface area contributed by atoms with Crippen LogP contribution in [-0.2, 0) is 0 Å². The van der Waals surface area contributed by atoms with Crippen molar-refractivity contribution in [1.29, 1.82) is 0 Å². The minimum atomic E-state index is 0.0573. The highest BCUT2D eigenvalue weighted by Gasteiger charge is 2.34. The van der Waals surface area contributed by atoms with E-state index < -0.39 is 0 Å². The van der Waals surface area contributed by atoms with Gasteiger partial charge in [-0.3, -0.25) is 0 Å². The van der Waals surface area contributed by atoms with Crippen LogP contribution in [0.2, 0.25) is 0 Å². The summed E-state index contributed by atoms with van der Waals surface area (Å²) in [5.41, 5.74) is 0. The highest BCUT2D eigenvalue weighted by atomic mass is 16.2. The van der Waals surface area contributed by atoms with Crippen molar-refractivity contribution < 1.29 is 4.79 Å². The van der Waals surface area contributed by atoms with Gasteiger partial charge in [0.25, 0.3) is 0 Å². The first-order valence-electron chi connectivity index (χ1n) is 4.16. The second-order valence-corrected chi connectivity index (χ2v) is 3.28. The van der Waals surface area contributed by atoms with Crippen molar-refractivity contribution in [2.24, 2.45) is 5.92 Å². The molecule has 0 bridgehead atoms. The number of amides is 2. The Labute approximate surface area is 67.8 Å². The number of rotatable bonds is 2. The maximum atomic E-state index is 11.2. The Hall–Kier alpha value is -0.730. The summed E-state index contributed by atoms with van der Waals surface area (Å²) in [4.78, 5) is 12.9. The Kier molecular flexibility index (Phi) is 2.37. The normalized spacial score (nSPS) is 27.9. The molecule has 0 aromatic carbocycles. The van der Waals surface area contributed by atoms with Crippen molar-refractivity contribution in [3.05, 3.63) is 0 Å². The van der Waals surface area contributed by atoms with E-state index in [-0.39, 0.29) is 6.03 Å². The molecule has 11 heavy (non-hydrogen) atoms. The molecule has 64 valence electrons. The molecule has 1 aliphatic rings. The molecule has 1 saturated carbocycles. The molecule has 0 aromatic heterocycles. The smallest absolute Gasteiger partial charge is 0.317 e. The van der Waals surface area contributed by atoms with Crippen LogP contribution in [0.4, 0.5) is 4.79 Å². The lowest BCUT2D eigenvalue weighted by atomic mass is 10.5. The summed E-state index contributed by atoms with van der Waals surface area (Å²) < 4.78 is 0. The Morgan fingerprint density at radius 1 is 1.73 bits per heavy atom. The molecule has 0 saturated heterocycles. The van der Waals surface area contributed by atoms with E-state index in [0.29, 0.717) is 12.0 Å². The Bertz CT molecular complexity index is 158. The van der Waals surface area contributed by atoms with E-state index in [4.69, 9.17) is 0 Å². The average Bonchev–Trinajstić information content (AvgIpc) is 2.65. The second kappa shape index (κ2) is 3.11. The summed E-state index contributed by atoms with van der Waals surface area (Å²) in [6, 6.07) is 0.498. The van der Waals surface area contributed by atoms with Crippen molar-refractivity contribution in [3.8, 4) is 0 Å². The van der Waals surface area contributed by atoms with Gasteiger partial charge >= 0.3 is 6.03 Å². The standard InChI is InChI=1S/C8H16N2O/c1-4-10(3)8(11)9-7-5-6(7)2/h6-7H,4-5H2,1-3H3,(H,9,11)/t6-,7-/m1/s1. The van der Waals surface area contributed by atoms with Gasteiger partial charge in [-0.2, -0.15) is 0 Å². The van der Waals surface area contributed by atoms with Crippen molar-refractivity contribution in [1.82, 2.24) is 10.2 Å². The first-order valence-corrected chi connectivity index (χ1v) is 4.16. The third-order valence-electron chi connectivity index (χ3n) is 2.24. The zero-order valence-electron chi connectivity index (χ0n) is 7.42. The maximum Gasteiger partial charge on any atom is 0.317 e. The molecule has 3 heteroatoms. The number of hydrogen-bond donors (Lipinski definition) is 1. The summed E-state index contributed by atoms with van der Waals surface area (Å²) in [5, 5.41) is 2.94. The van der Waals surface area contributed by atoms with Crippen molar-refractivity contribution >= 4 is 6.03 Å². The van der Waals surface area contributed by atoms with E-state index >= 15 is 0 Å². The molecule has 1 rings (SSSR count). The van der Waals surface area contributed by atoms with E-state index in [2.05, 4.69) is 12.2 Å². The lowest BCUT2D eigenvalue weighted by Gasteiger charge is -2.14. The molecule has 0 radical (unpaired) electrons. The fourth-order valence-corrected chi connectivity index (χ4v) is 0.936. The Morgan fingerprint density at radius 3 is 2.64 bits per heavy atom. The first kappa shape index (κ1) is 8.37. The van der Waals surface area contributed by atoms with Gasteiger partial charge < -0.3 is 10.2 Å². The first-order chi connectivity index (χ1) is 5.15. The summed E-state index contributed by atoms with van der Waals surface area (Å²) in [6.45, 7) is 4.89. The predicted molar refractivity (Wildman–Crippen MR) is 44.4 cm³/mol. The predicted octanol–water partition coefficient (Wildman–Crippen LogP) is 1.06. The number of carbonyl (C=O) groups excluding carboxylic acids is 1. The molecule has 1 fully saturated rings. The van der Waals surface area contributed by atoms with Crippen LogP contribution < -0.4 is 5.32 Å². The van der Waals surface area contributed by atoms with Crippen molar-refractivity contribution in [3.63, 3.8) is 0 Å². The highest BCUT2D eigenvalue weighted by Crippen LogP contribution is 2.28. The summed E-state index contributed by atoms with van der Waals surface area (Å²) in [6.07, 6.45) is 1.14. The van der Waals surface area contributed by atoms with Gasteiger partial charge in [0.1, 0.15) is 0 Å². The number of hydrogen-bond acceptors (Lipinski definition) is 1. The van der Waals surface area contributed by atoms with Crippen LogP contribution in [0.25, 0.3) is 0 Å².